The lowest BCUT2D eigenvalue weighted by atomic mass is 10.1. The maximum atomic E-state index is 13.0. The number of carbonyl (C=O) groups excluding carboxylic acids is 1. The lowest BCUT2D eigenvalue weighted by Gasteiger charge is -2.27. The van der Waals surface area contributed by atoms with E-state index < -0.39 is 17.6 Å². The molecule has 2 heterocycles. The third-order valence-corrected chi connectivity index (χ3v) is 6.19. The average molecular weight is 450 g/mol. The second-order valence-corrected chi connectivity index (χ2v) is 8.24. The van der Waals surface area contributed by atoms with Crippen molar-refractivity contribution in [1.29, 1.82) is 0 Å². The maximum absolute atomic E-state index is 13.0. The zero-order chi connectivity index (χ0) is 23.5. The molecule has 1 N–H and O–H groups in total. The Hall–Kier alpha value is -2.61. The van der Waals surface area contributed by atoms with E-state index in [9.17, 15) is 22.8 Å². The Balaban J connectivity index is 1.85. The van der Waals surface area contributed by atoms with Gasteiger partial charge in [0.2, 0.25) is 0 Å². The maximum Gasteiger partial charge on any atom is 0.416 e. The Morgan fingerprint density at radius 3 is 2.62 bits per heavy atom. The molecule has 174 valence electrons. The van der Waals surface area contributed by atoms with E-state index in [1.807, 2.05) is 13.8 Å². The van der Waals surface area contributed by atoms with Gasteiger partial charge in [0.05, 0.1) is 5.56 Å². The fourth-order valence-corrected chi connectivity index (χ4v) is 4.55. The molecule has 1 aromatic carbocycles. The normalized spacial score (nSPS) is 17.0. The lowest BCUT2D eigenvalue weighted by molar-refractivity contribution is -0.137. The lowest BCUT2D eigenvalue weighted by Crippen LogP contribution is -2.37. The molecule has 1 aromatic heterocycles. The molecule has 1 amide bonds. The largest absolute Gasteiger partial charge is 0.416 e. The van der Waals surface area contributed by atoms with E-state index in [1.165, 1.54) is 18.2 Å². The highest BCUT2D eigenvalue weighted by molar-refractivity contribution is 5.95. The molecule has 3 rings (SSSR count). The standard InChI is InChI=1S/C24H30F3N3O2/c1-4-20-22(23(32)28-14-17-8-6-9-18(13-17)24(25,26)27)21(31)12-16(3)30(20)15-19-10-7-11-29(19)5-2/h6,8-9,12-13,19H,4-5,7,10-11,14-15H2,1-3H3,(H,28,32)/t19-/m1/s1. The smallest absolute Gasteiger partial charge is 0.348 e. The van der Waals surface area contributed by atoms with Gasteiger partial charge in [-0.05, 0) is 57.0 Å². The molecule has 1 atom stereocenters. The highest BCUT2D eigenvalue weighted by Crippen LogP contribution is 2.29. The van der Waals surface area contributed by atoms with Crippen molar-refractivity contribution < 1.29 is 18.0 Å². The summed E-state index contributed by atoms with van der Waals surface area (Å²) < 4.78 is 40.9. The first-order chi connectivity index (χ1) is 15.2. The van der Waals surface area contributed by atoms with Crippen molar-refractivity contribution in [2.45, 2.75) is 65.3 Å². The Labute approximate surface area is 186 Å². The molecule has 8 heteroatoms. The number of aromatic nitrogens is 1. The van der Waals surface area contributed by atoms with Gasteiger partial charge in [0, 0.05) is 36.6 Å². The van der Waals surface area contributed by atoms with Crippen molar-refractivity contribution in [3.63, 3.8) is 0 Å². The molecule has 2 aromatic rings. The summed E-state index contributed by atoms with van der Waals surface area (Å²) in [7, 11) is 0. The van der Waals surface area contributed by atoms with Gasteiger partial charge in [0.25, 0.3) is 5.91 Å². The van der Waals surface area contributed by atoms with E-state index in [4.69, 9.17) is 0 Å². The van der Waals surface area contributed by atoms with Crippen molar-refractivity contribution in [3.05, 3.63) is 68.6 Å². The highest BCUT2D eigenvalue weighted by atomic mass is 19.4. The van der Waals surface area contributed by atoms with Crippen LogP contribution in [0.5, 0.6) is 0 Å². The van der Waals surface area contributed by atoms with Crippen LogP contribution in [0.15, 0.2) is 35.1 Å². The number of hydrogen-bond acceptors (Lipinski definition) is 3. The number of benzene rings is 1. The molecule has 32 heavy (non-hydrogen) atoms. The number of carbonyl (C=O) groups is 1. The molecular weight excluding hydrogens is 419 g/mol. The molecule has 0 spiro atoms. The van der Waals surface area contributed by atoms with Crippen LogP contribution < -0.4 is 10.7 Å². The zero-order valence-corrected chi connectivity index (χ0v) is 18.8. The predicted octanol–water partition coefficient (Wildman–Crippen LogP) is 4.15. The average Bonchev–Trinajstić information content (AvgIpc) is 3.20. The molecule has 0 saturated carbocycles. The second-order valence-electron chi connectivity index (χ2n) is 8.24. The summed E-state index contributed by atoms with van der Waals surface area (Å²) in [5, 5.41) is 2.64. The number of rotatable bonds is 7. The van der Waals surface area contributed by atoms with E-state index in [0.717, 1.165) is 43.8 Å². The van der Waals surface area contributed by atoms with Gasteiger partial charge in [-0.25, -0.2) is 0 Å². The predicted molar refractivity (Wildman–Crippen MR) is 118 cm³/mol. The molecule has 0 unspecified atom stereocenters. The monoisotopic (exact) mass is 449 g/mol. The Morgan fingerprint density at radius 2 is 1.97 bits per heavy atom. The summed E-state index contributed by atoms with van der Waals surface area (Å²) in [5.74, 6) is -0.559. The highest BCUT2D eigenvalue weighted by Gasteiger charge is 2.30. The first kappa shape index (κ1) is 24.0. The van der Waals surface area contributed by atoms with Crippen molar-refractivity contribution in [2.75, 3.05) is 13.1 Å². The van der Waals surface area contributed by atoms with Crippen LogP contribution in [0, 0.1) is 6.92 Å². The minimum Gasteiger partial charge on any atom is -0.348 e. The number of pyridine rings is 1. The Kier molecular flexibility index (Phi) is 7.44. The van der Waals surface area contributed by atoms with Crippen LogP contribution in [0.4, 0.5) is 13.2 Å². The number of likely N-dealkylation sites (tertiary alicyclic amines) is 1. The van der Waals surface area contributed by atoms with Crippen LogP contribution in [-0.4, -0.2) is 34.5 Å². The molecule has 1 aliphatic rings. The van der Waals surface area contributed by atoms with Gasteiger partial charge in [0.15, 0.2) is 5.43 Å². The Morgan fingerprint density at radius 1 is 1.22 bits per heavy atom. The van der Waals surface area contributed by atoms with Crippen LogP contribution in [0.3, 0.4) is 0 Å². The SMILES string of the molecule is CCc1c(C(=O)NCc2cccc(C(F)(F)F)c2)c(=O)cc(C)n1C[C@H]1CCCN1CC. The number of hydrogen-bond donors (Lipinski definition) is 1. The summed E-state index contributed by atoms with van der Waals surface area (Å²) >= 11 is 0. The quantitative estimate of drug-likeness (QED) is 0.691. The van der Waals surface area contributed by atoms with E-state index in [0.29, 0.717) is 30.3 Å². The van der Waals surface area contributed by atoms with Gasteiger partial charge in [-0.15, -0.1) is 0 Å². The molecule has 0 bridgehead atoms. The number of nitrogens with one attached hydrogen (secondary N) is 1. The first-order valence-corrected chi connectivity index (χ1v) is 11.1. The van der Waals surface area contributed by atoms with E-state index >= 15 is 0 Å². The van der Waals surface area contributed by atoms with Gasteiger partial charge in [0.1, 0.15) is 5.56 Å². The van der Waals surface area contributed by atoms with Crippen molar-refractivity contribution >= 4 is 5.91 Å². The van der Waals surface area contributed by atoms with Crippen molar-refractivity contribution in [2.24, 2.45) is 0 Å². The summed E-state index contributed by atoms with van der Waals surface area (Å²) in [5.41, 5.74) is 0.738. The van der Waals surface area contributed by atoms with E-state index in [1.54, 1.807) is 0 Å². The summed E-state index contributed by atoms with van der Waals surface area (Å²) in [6.45, 7) is 8.52. The minimum atomic E-state index is -4.45. The number of nitrogens with zero attached hydrogens (tertiary/aromatic N) is 2. The van der Waals surface area contributed by atoms with E-state index in [-0.39, 0.29) is 17.5 Å². The molecule has 1 saturated heterocycles. The van der Waals surface area contributed by atoms with Crippen LogP contribution in [0.1, 0.15) is 59.6 Å². The third kappa shape index (κ3) is 5.23. The summed E-state index contributed by atoms with van der Waals surface area (Å²) in [4.78, 5) is 28.1. The molecule has 5 nitrogen and oxygen atoms in total. The third-order valence-electron chi connectivity index (χ3n) is 6.19. The van der Waals surface area contributed by atoms with Crippen molar-refractivity contribution in [1.82, 2.24) is 14.8 Å². The van der Waals surface area contributed by atoms with Gasteiger partial charge in [-0.3, -0.25) is 14.5 Å². The topological polar surface area (TPSA) is 54.3 Å². The first-order valence-electron chi connectivity index (χ1n) is 11.1. The molecule has 0 aliphatic carbocycles. The van der Waals surface area contributed by atoms with Gasteiger partial charge in [-0.1, -0.05) is 26.0 Å². The number of alkyl halides is 3. The van der Waals surface area contributed by atoms with Crippen LogP contribution in [0.2, 0.25) is 0 Å². The summed E-state index contributed by atoms with van der Waals surface area (Å²) in [6, 6.07) is 6.65. The number of aryl methyl sites for hydroxylation is 1. The second kappa shape index (κ2) is 9.90. The number of halogens is 3. The van der Waals surface area contributed by atoms with Gasteiger partial charge >= 0.3 is 6.18 Å². The minimum absolute atomic E-state index is 0.0751. The van der Waals surface area contributed by atoms with E-state index in [2.05, 4.69) is 21.7 Å². The van der Waals surface area contributed by atoms with Gasteiger partial charge < -0.3 is 9.88 Å². The van der Waals surface area contributed by atoms with Gasteiger partial charge in [-0.2, -0.15) is 13.2 Å². The zero-order valence-electron chi connectivity index (χ0n) is 18.8. The Bertz CT molecular complexity index is 1030. The summed E-state index contributed by atoms with van der Waals surface area (Å²) in [6.07, 6.45) is -1.75. The molecule has 0 radical (unpaired) electrons. The van der Waals surface area contributed by atoms with Crippen LogP contribution in [0.25, 0.3) is 0 Å². The van der Waals surface area contributed by atoms with Crippen LogP contribution >= 0.6 is 0 Å². The van der Waals surface area contributed by atoms with Crippen molar-refractivity contribution in [3.8, 4) is 0 Å². The molecular formula is C24H30F3N3O2. The number of amides is 1. The molecule has 1 fully saturated rings. The fourth-order valence-electron chi connectivity index (χ4n) is 4.55. The number of likely N-dealkylation sites (N-methyl/N-ethyl adjacent to an activating group) is 1. The fraction of sp³-hybridized carbons (Fsp3) is 0.500. The molecule has 1 aliphatic heterocycles. The van der Waals surface area contributed by atoms with Crippen LogP contribution in [-0.2, 0) is 25.7 Å².